The number of rotatable bonds is 7. The van der Waals surface area contributed by atoms with Crippen molar-refractivity contribution in [3.63, 3.8) is 0 Å². The van der Waals surface area contributed by atoms with Crippen LogP contribution in [0.5, 0.6) is 11.5 Å². The number of ether oxygens (including phenoxy) is 2. The van der Waals surface area contributed by atoms with Gasteiger partial charge < -0.3 is 19.8 Å². The van der Waals surface area contributed by atoms with E-state index in [0.717, 1.165) is 33.3 Å². The number of imidazole rings is 1. The van der Waals surface area contributed by atoms with E-state index in [2.05, 4.69) is 30.8 Å². The Morgan fingerprint density at radius 2 is 1.78 bits per heavy atom. The average Bonchev–Trinajstić information content (AvgIpc) is 3.31. The monoisotopic (exact) mass is 498 g/mol. The highest BCUT2D eigenvalue weighted by Crippen LogP contribution is 2.38. The van der Waals surface area contributed by atoms with Gasteiger partial charge in [-0.3, -0.25) is 10.1 Å². The van der Waals surface area contributed by atoms with Gasteiger partial charge in [-0.1, -0.05) is 24.3 Å². The molecule has 0 saturated heterocycles. The predicted molar refractivity (Wildman–Crippen MR) is 142 cm³/mol. The molecule has 4 N–H and O–H groups in total. The summed E-state index contributed by atoms with van der Waals surface area (Å²) in [4.78, 5) is 31.7. The normalized spacial score (nSPS) is 11.0. The molecule has 2 aromatic heterocycles. The van der Waals surface area contributed by atoms with Crippen molar-refractivity contribution in [3.05, 3.63) is 76.2 Å². The van der Waals surface area contributed by atoms with Crippen LogP contribution in [0.3, 0.4) is 0 Å². The van der Waals surface area contributed by atoms with Crippen LogP contribution in [0, 0.1) is 0 Å². The summed E-state index contributed by atoms with van der Waals surface area (Å²) in [7, 11) is 3.21. The zero-order valence-corrected chi connectivity index (χ0v) is 20.6. The minimum Gasteiger partial charge on any atom is -0.496 e. The molecule has 0 spiro atoms. The molecule has 2 heterocycles. The van der Waals surface area contributed by atoms with Gasteiger partial charge >= 0.3 is 6.03 Å². The molecule has 0 radical (unpaired) electrons. The van der Waals surface area contributed by atoms with Gasteiger partial charge in [0.05, 0.1) is 36.3 Å². The maximum absolute atomic E-state index is 12.2. The number of anilines is 1. The zero-order chi connectivity index (χ0) is 25.9. The molecule has 2 amide bonds. The lowest BCUT2D eigenvalue weighted by atomic mass is 9.97. The Morgan fingerprint density at radius 1 is 1.00 bits per heavy atom. The molecule has 0 aliphatic carbocycles. The molecular weight excluding hydrogens is 472 g/mol. The first kappa shape index (κ1) is 23.9. The molecule has 0 fully saturated rings. The fraction of sp³-hybridized carbons (Fsp3) is 0.185. The number of hydrogen-bond acceptors (Lipinski definition) is 6. The Kier molecular flexibility index (Phi) is 6.46. The summed E-state index contributed by atoms with van der Waals surface area (Å²) in [6, 6.07) is 16.7. The van der Waals surface area contributed by atoms with Crippen molar-refractivity contribution in [2.24, 2.45) is 0 Å². The van der Waals surface area contributed by atoms with E-state index in [4.69, 9.17) is 9.47 Å². The number of nitrogens with one attached hydrogen (secondary N) is 4. The summed E-state index contributed by atoms with van der Waals surface area (Å²) < 4.78 is 11.4. The van der Waals surface area contributed by atoms with Gasteiger partial charge in [0.25, 0.3) is 5.56 Å². The van der Waals surface area contributed by atoms with Crippen LogP contribution in [-0.2, 0) is 6.42 Å². The Morgan fingerprint density at radius 3 is 2.54 bits per heavy atom. The molecule has 10 heteroatoms. The number of aromatic nitrogens is 4. The lowest BCUT2D eigenvalue weighted by Crippen LogP contribution is -2.28. The second-order valence-corrected chi connectivity index (χ2v) is 8.39. The van der Waals surface area contributed by atoms with Gasteiger partial charge in [-0.15, -0.1) is 0 Å². The number of carbonyl (C=O) groups is 1. The van der Waals surface area contributed by atoms with Crippen LogP contribution in [0.15, 0.2) is 59.4 Å². The summed E-state index contributed by atoms with van der Waals surface area (Å²) in [5.41, 5.74) is 4.58. The molecule has 188 valence electrons. The first-order valence-corrected chi connectivity index (χ1v) is 11.8. The average molecular weight is 499 g/mol. The zero-order valence-electron chi connectivity index (χ0n) is 20.6. The van der Waals surface area contributed by atoms with Crippen LogP contribution in [0.2, 0.25) is 0 Å². The van der Waals surface area contributed by atoms with Crippen molar-refractivity contribution in [1.82, 2.24) is 25.5 Å². The first-order valence-electron chi connectivity index (χ1n) is 11.8. The van der Waals surface area contributed by atoms with E-state index in [-0.39, 0.29) is 11.6 Å². The van der Waals surface area contributed by atoms with Crippen LogP contribution >= 0.6 is 0 Å². The SMILES string of the molecule is CCNC(=O)Nc1nc2cc(-c3cc(Cc4n[nH]c(=O)c5ccccc45)c(OC)cc3OC)ccc2[nH]1. The lowest BCUT2D eigenvalue weighted by molar-refractivity contribution is 0.252. The van der Waals surface area contributed by atoms with Crippen LogP contribution < -0.4 is 25.7 Å². The fourth-order valence-corrected chi connectivity index (χ4v) is 4.36. The van der Waals surface area contributed by atoms with Gasteiger partial charge in [0, 0.05) is 35.5 Å². The first-order chi connectivity index (χ1) is 18.0. The summed E-state index contributed by atoms with van der Waals surface area (Å²) >= 11 is 0. The van der Waals surface area contributed by atoms with E-state index < -0.39 is 0 Å². The topological polar surface area (TPSA) is 134 Å². The van der Waals surface area contributed by atoms with E-state index in [1.54, 1.807) is 20.3 Å². The van der Waals surface area contributed by atoms with Crippen molar-refractivity contribution in [2.45, 2.75) is 13.3 Å². The maximum atomic E-state index is 12.2. The van der Waals surface area contributed by atoms with Crippen LogP contribution in [0.4, 0.5) is 10.7 Å². The van der Waals surface area contributed by atoms with Crippen molar-refractivity contribution in [1.29, 1.82) is 0 Å². The Hall–Kier alpha value is -4.86. The van der Waals surface area contributed by atoms with Gasteiger partial charge in [0.2, 0.25) is 5.95 Å². The number of nitrogens with zero attached hydrogens (tertiary/aromatic N) is 2. The number of methoxy groups -OCH3 is 2. The number of aromatic amines is 2. The van der Waals surface area contributed by atoms with E-state index in [1.165, 1.54) is 0 Å². The van der Waals surface area contributed by atoms with Gasteiger partial charge in [-0.05, 0) is 36.8 Å². The van der Waals surface area contributed by atoms with Crippen molar-refractivity contribution < 1.29 is 14.3 Å². The largest absolute Gasteiger partial charge is 0.496 e. The Balaban J connectivity index is 1.56. The molecule has 0 saturated carbocycles. The smallest absolute Gasteiger partial charge is 0.321 e. The number of carbonyl (C=O) groups excluding carboxylic acids is 1. The Bertz CT molecular complexity index is 1670. The van der Waals surface area contributed by atoms with Gasteiger partial charge in [-0.2, -0.15) is 5.10 Å². The van der Waals surface area contributed by atoms with E-state index in [1.807, 2.05) is 55.5 Å². The number of benzene rings is 3. The molecule has 3 aromatic carbocycles. The molecule has 0 bridgehead atoms. The molecule has 37 heavy (non-hydrogen) atoms. The summed E-state index contributed by atoms with van der Waals surface area (Å²) in [6.45, 7) is 2.36. The second-order valence-electron chi connectivity index (χ2n) is 8.39. The second kappa shape index (κ2) is 10.0. The molecule has 10 nitrogen and oxygen atoms in total. The minimum atomic E-state index is -0.327. The van der Waals surface area contributed by atoms with E-state index in [0.29, 0.717) is 41.3 Å². The highest BCUT2D eigenvalue weighted by Gasteiger charge is 2.17. The Labute approximate surface area is 212 Å². The third-order valence-electron chi connectivity index (χ3n) is 6.10. The van der Waals surface area contributed by atoms with E-state index >= 15 is 0 Å². The fourth-order valence-electron chi connectivity index (χ4n) is 4.36. The molecule has 5 aromatic rings. The maximum Gasteiger partial charge on any atom is 0.321 e. The molecule has 0 aliphatic rings. The lowest BCUT2D eigenvalue weighted by Gasteiger charge is -2.15. The number of amides is 2. The van der Waals surface area contributed by atoms with Gasteiger partial charge in [0.1, 0.15) is 11.5 Å². The molecule has 0 unspecified atom stereocenters. The predicted octanol–water partition coefficient (Wildman–Crippen LogP) is 4.22. The molecule has 5 rings (SSSR count). The molecule has 0 atom stereocenters. The van der Waals surface area contributed by atoms with Crippen LogP contribution in [0.25, 0.3) is 32.9 Å². The summed E-state index contributed by atoms with van der Waals surface area (Å²) in [6.07, 6.45) is 0.433. The quantitative estimate of drug-likeness (QED) is 0.266. The van der Waals surface area contributed by atoms with Gasteiger partial charge in [0.15, 0.2) is 0 Å². The van der Waals surface area contributed by atoms with E-state index in [9.17, 15) is 9.59 Å². The van der Waals surface area contributed by atoms with Crippen LogP contribution in [0.1, 0.15) is 18.2 Å². The van der Waals surface area contributed by atoms with Crippen LogP contribution in [-0.4, -0.2) is 47.0 Å². The number of hydrogen-bond donors (Lipinski definition) is 4. The highest BCUT2D eigenvalue weighted by atomic mass is 16.5. The third-order valence-corrected chi connectivity index (χ3v) is 6.10. The van der Waals surface area contributed by atoms with Crippen molar-refractivity contribution in [2.75, 3.05) is 26.1 Å². The van der Waals surface area contributed by atoms with Crippen molar-refractivity contribution in [3.8, 4) is 22.6 Å². The highest BCUT2D eigenvalue weighted by molar-refractivity contribution is 5.91. The third kappa shape index (κ3) is 4.68. The van der Waals surface area contributed by atoms with Crippen molar-refractivity contribution >= 4 is 33.8 Å². The number of H-pyrrole nitrogens is 2. The summed E-state index contributed by atoms with van der Waals surface area (Å²) in [5.74, 6) is 1.64. The number of fused-ring (bicyclic) bond motifs is 2. The minimum absolute atomic E-state index is 0.227. The standard InChI is InChI=1S/C27H26N6O4/c1-4-28-27(35)31-26-29-20-10-9-15(12-22(20)30-26)19-11-16(23(36-2)14-24(19)37-3)13-21-17-7-5-6-8-18(17)25(34)33-32-21/h5-12,14H,4,13H2,1-3H3,(H,33,34)(H3,28,29,30,31,35). The molecular formula is C27H26N6O4. The molecule has 0 aliphatic heterocycles. The summed E-state index contributed by atoms with van der Waals surface area (Å²) in [5, 5.41) is 13.7. The van der Waals surface area contributed by atoms with Gasteiger partial charge in [-0.25, -0.2) is 14.9 Å². The number of urea groups is 1.